The topological polar surface area (TPSA) is 59.7 Å². The lowest BCUT2D eigenvalue weighted by Crippen LogP contribution is -2.19. The van der Waals surface area contributed by atoms with Gasteiger partial charge in [0.25, 0.3) is 0 Å². The number of pyridine rings is 1. The summed E-state index contributed by atoms with van der Waals surface area (Å²) in [5.74, 6) is 0.965. The van der Waals surface area contributed by atoms with Gasteiger partial charge >= 0.3 is 5.97 Å². The van der Waals surface area contributed by atoms with E-state index in [0.717, 1.165) is 37.5 Å². The molecule has 6 nitrogen and oxygen atoms in total. The standard InChI is InChI=1S/C14H18N4O2/c1-3-17-7-6-10(8-17)13-16-15-12-5-4-11(9-18(12)13)14(19)20-2/h4-5,9-10H,3,6-8H2,1-2H3. The van der Waals surface area contributed by atoms with Gasteiger partial charge in [0.05, 0.1) is 12.7 Å². The monoisotopic (exact) mass is 274 g/mol. The fourth-order valence-corrected chi connectivity index (χ4v) is 2.76. The number of carbonyl (C=O) groups excluding carboxylic acids is 1. The zero-order valence-corrected chi connectivity index (χ0v) is 11.7. The fourth-order valence-electron chi connectivity index (χ4n) is 2.76. The van der Waals surface area contributed by atoms with Gasteiger partial charge in [0, 0.05) is 18.7 Å². The lowest BCUT2D eigenvalue weighted by molar-refractivity contribution is 0.0600. The van der Waals surface area contributed by atoms with Crippen molar-refractivity contribution >= 4 is 11.6 Å². The molecule has 0 bridgehead atoms. The normalized spacial score (nSPS) is 19.6. The Morgan fingerprint density at radius 2 is 2.30 bits per heavy atom. The predicted molar refractivity (Wildman–Crippen MR) is 73.8 cm³/mol. The Kier molecular flexibility index (Phi) is 3.40. The van der Waals surface area contributed by atoms with E-state index in [1.54, 1.807) is 18.3 Å². The average molecular weight is 274 g/mol. The zero-order chi connectivity index (χ0) is 14.1. The first-order valence-electron chi connectivity index (χ1n) is 6.88. The van der Waals surface area contributed by atoms with Crippen molar-refractivity contribution in [1.29, 1.82) is 0 Å². The first kappa shape index (κ1) is 13.1. The maximum absolute atomic E-state index is 11.6. The second kappa shape index (κ2) is 5.20. The van der Waals surface area contributed by atoms with Crippen LogP contribution in [0.2, 0.25) is 0 Å². The van der Waals surface area contributed by atoms with Gasteiger partial charge in [-0.3, -0.25) is 4.40 Å². The number of hydrogen-bond donors (Lipinski definition) is 0. The molecular weight excluding hydrogens is 256 g/mol. The molecule has 0 radical (unpaired) electrons. The van der Waals surface area contributed by atoms with Crippen molar-refractivity contribution in [3.63, 3.8) is 0 Å². The van der Waals surface area contributed by atoms with Gasteiger partial charge < -0.3 is 9.64 Å². The number of rotatable bonds is 3. The van der Waals surface area contributed by atoms with E-state index in [0.29, 0.717) is 11.5 Å². The highest BCUT2D eigenvalue weighted by atomic mass is 16.5. The van der Waals surface area contributed by atoms with E-state index < -0.39 is 0 Å². The second-order valence-electron chi connectivity index (χ2n) is 5.07. The van der Waals surface area contributed by atoms with Crippen molar-refractivity contribution in [3.05, 3.63) is 29.7 Å². The van der Waals surface area contributed by atoms with Crippen molar-refractivity contribution in [2.24, 2.45) is 0 Å². The molecule has 2 aromatic rings. The van der Waals surface area contributed by atoms with Gasteiger partial charge in [-0.25, -0.2) is 4.79 Å². The molecule has 106 valence electrons. The van der Waals surface area contributed by atoms with Gasteiger partial charge in [-0.15, -0.1) is 10.2 Å². The average Bonchev–Trinajstić information content (AvgIpc) is 3.11. The summed E-state index contributed by atoms with van der Waals surface area (Å²) in [5.41, 5.74) is 1.29. The summed E-state index contributed by atoms with van der Waals surface area (Å²) < 4.78 is 6.67. The van der Waals surface area contributed by atoms with Gasteiger partial charge in [0.15, 0.2) is 5.65 Å². The van der Waals surface area contributed by atoms with Crippen LogP contribution in [0.5, 0.6) is 0 Å². The molecule has 0 aliphatic carbocycles. The minimum atomic E-state index is -0.340. The first-order valence-corrected chi connectivity index (χ1v) is 6.88. The zero-order valence-electron chi connectivity index (χ0n) is 11.7. The van der Waals surface area contributed by atoms with Crippen LogP contribution in [0, 0.1) is 0 Å². The second-order valence-corrected chi connectivity index (χ2v) is 5.07. The smallest absolute Gasteiger partial charge is 0.339 e. The molecule has 2 aromatic heterocycles. The van der Waals surface area contributed by atoms with Crippen LogP contribution in [0.25, 0.3) is 5.65 Å². The molecule has 1 unspecified atom stereocenters. The number of ether oxygens (including phenoxy) is 1. The fraction of sp³-hybridized carbons (Fsp3) is 0.500. The van der Waals surface area contributed by atoms with E-state index in [1.807, 2.05) is 4.40 Å². The van der Waals surface area contributed by atoms with Crippen LogP contribution in [0.4, 0.5) is 0 Å². The number of methoxy groups -OCH3 is 1. The van der Waals surface area contributed by atoms with Gasteiger partial charge in [0.1, 0.15) is 5.82 Å². The SMILES string of the molecule is CCN1CCC(c2nnc3ccc(C(=O)OC)cn23)C1. The lowest BCUT2D eigenvalue weighted by Gasteiger charge is -2.12. The van der Waals surface area contributed by atoms with Crippen LogP contribution in [0.15, 0.2) is 18.3 Å². The summed E-state index contributed by atoms with van der Waals surface area (Å²) in [5, 5.41) is 8.49. The number of fused-ring (bicyclic) bond motifs is 1. The minimum Gasteiger partial charge on any atom is -0.465 e. The van der Waals surface area contributed by atoms with Crippen LogP contribution in [0.1, 0.15) is 35.4 Å². The molecule has 3 rings (SSSR count). The molecule has 0 aromatic carbocycles. The third kappa shape index (κ3) is 2.16. The highest BCUT2D eigenvalue weighted by Crippen LogP contribution is 2.26. The molecule has 0 spiro atoms. The van der Waals surface area contributed by atoms with Crippen molar-refractivity contribution in [2.45, 2.75) is 19.3 Å². The molecular formula is C14H18N4O2. The van der Waals surface area contributed by atoms with Crippen LogP contribution >= 0.6 is 0 Å². The Hall–Kier alpha value is -1.95. The Morgan fingerprint density at radius 1 is 1.45 bits per heavy atom. The van der Waals surface area contributed by atoms with Gasteiger partial charge in [-0.05, 0) is 31.6 Å². The number of nitrogens with zero attached hydrogens (tertiary/aromatic N) is 4. The minimum absolute atomic E-state index is 0.340. The Morgan fingerprint density at radius 3 is 3.00 bits per heavy atom. The van der Waals surface area contributed by atoms with E-state index in [2.05, 4.69) is 22.0 Å². The highest BCUT2D eigenvalue weighted by molar-refractivity contribution is 5.89. The predicted octanol–water partition coefficient (Wildman–Crippen LogP) is 1.33. The maximum Gasteiger partial charge on any atom is 0.339 e. The molecule has 1 atom stereocenters. The Bertz CT molecular complexity index is 637. The summed E-state index contributed by atoms with van der Waals surface area (Å²) in [7, 11) is 1.38. The summed E-state index contributed by atoms with van der Waals surface area (Å²) in [6.07, 6.45) is 2.85. The van der Waals surface area contributed by atoms with Crippen molar-refractivity contribution in [2.75, 3.05) is 26.7 Å². The van der Waals surface area contributed by atoms with Gasteiger partial charge in [-0.1, -0.05) is 6.92 Å². The third-order valence-corrected chi connectivity index (χ3v) is 3.93. The number of likely N-dealkylation sites (tertiary alicyclic amines) is 1. The first-order chi connectivity index (χ1) is 9.72. The van der Waals surface area contributed by atoms with E-state index in [-0.39, 0.29) is 5.97 Å². The molecule has 1 aliphatic heterocycles. The lowest BCUT2D eigenvalue weighted by atomic mass is 10.1. The molecule has 0 N–H and O–H groups in total. The van der Waals surface area contributed by atoms with Crippen molar-refractivity contribution < 1.29 is 9.53 Å². The Labute approximate surface area is 117 Å². The number of aromatic nitrogens is 3. The van der Waals surface area contributed by atoms with Crippen LogP contribution < -0.4 is 0 Å². The van der Waals surface area contributed by atoms with Gasteiger partial charge in [0.2, 0.25) is 0 Å². The highest BCUT2D eigenvalue weighted by Gasteiger charge is 2.26. The number of likely N-dealkylation sites (N-methyl/N-ethyl adjacent to an activating group) is 1. The van der Waals surface area contributed by atoms with Crippen molar-refractivity contribution in [3.8, 4) is 0 Å². The van der Waals surface area contributed by atoms with E-state index in [9.17, 15) is 4.79 Å². The molecule has 20 heavy (non-hydrogen) atoms. The summed E-state index contributed by atoms with van der Waals surface area (Å²) in [6, 6.07) is 3.52. The maximum atomic E-state index is 11.6. The third-order valence-electron chi connectivity index (χ3n) is 3.93. The quantitative estimate of drug-likeness (QED) is 0.790. The van der Waals surface area contributed by atoms with E-state index >= 15 is 0 Å². The number of esters is 1. The molecule has 0 saturated carbocycles. The van der Waals surface area contributed by atoms with Gasteiger partial charge in [-0.2, -0.15) is 0 Å². The molecule has 0 amide bonds. The largest absolute Gasteiger partial charge is 0.465 e. The molecule has 6 heteroatoms. The van der Waals surface area contributed by atoms with E-state index in [4.69, 9.17) is 4.74 Å². The summed E-state index contributed by atoms with van der Waals surface area (Å²) in [4.78, 5) is 14.0. The Balaban J connectivity index is 1.97. The van der Waals surface area contributed by atoms with Crippen LogP contribution in [-0.4, -0.2) is 52.2 Å². The molecule has 3 heterocycles. The molecule has 1 aliphatic rings. The van der Waals surface area contributed by atoms with Crippen LogP contribution in [0.3, 0.4) is 0 Å². The van der Waals surface area contributed by atoms with E-state index in [1.165, 1.54) is 7.11 Å². The number of hydrogen-bond acceptors (Lipinski definition) is 5. The number of carbonyl (C=O) groups is 1. The molecule has 1 fully saturated rings. The molecule has 1 saturated heterocycles. The summed E-state index contributed by atoms with van der Waals surface area (Å²) in [6.45, 7) is 5.31. The summed E-state index contributed by atoms with van der Waals surface area (Å²) >= 11 is 0. The van der Waals surface area contributed by atoms with Crippen molar-refractivity contribution in [1.82, 2.24) is 19.5 Å². The van der Waals surface area contributed by atoms with Crippen LogP contribution in [-0.2, 0) is 4.74 Å².